The summed E-state index contributed by atoms with van der Waals surface area (Å²) in [6, 6.07) is 10.1. The van der Waals surface area contributed by atoms with Crippen LogP contribution in [-0.4, -0.2) is 10.4 Å². The van der Waals surface area contributed by atoms with Gasteiger partial charge >= 0.3 is 5.76 Å². The van der Waals surface area contributed by atoms with E-state index in [1.807, 2.05) is 6.92 Å². The van der Waals surface area contributed by atoms with Crippen LogP contribution in [0.2, 0.25) is 5.02 Å². The van der Waals surface area contributed by atoms with E-state index in [4.69, 9.17) is 16.0 Å². The highest BCUT2D eigenvalue weighted by Gasteiger charge is 2.13. The Bertz CT molecular complexity index is 901. The van der Waals surface area contributed by atoms with Crippen LogP contribution in [-0.2, 0) is 7.05 Å². The molecular formula is C16H12ClNO3. The zero-order chi connectivity index (χ0) is 15.1. The number of carbonyl (C=O) groups is 1. The molecule has 0 saturated heterocycles. The molecule has 5 heteroatoms. The van der Waals surface area contributed by atoms with Crippen LogP contribution in [0.5, 0.6) is 0 Å². The first kappa shape index (κ1) is 13.6. The third-order valence-electron chi connectivity index (χ3n) is 3.36. The number of nitrogens with zero attached hydrogens (tertiary/aromatic N) is 1. The fourth-order valence-corrected chi connectivity index (χ4v) is 2.60. The van der Waals surface area contributed by atoms with Gasteiger partial charge in [0.1, 0.15) is 0 Å². The number of rotatable bonds is 2. The van der Waals surface area contributed by atoms with Crippen LogP contribution in [0, 0.1) is 6.92 Å². The minimum Gasteiger partial charge on any atom is -0.408 e. The van der Waals surface area contributed by atoms with Crippen LogP contribution in [0.15, 0.2) is 45.6 Å². The third-order valence-corrected chi connectivity index (χ3v) is 3.58. The number of oxazole rings is 1. The third kappa shape index (κ3) is 2.38. The van der Waals surface area contributed by atoms with Crippen LogP contribution in [0.1, 0.15) is 21.5 Å². The predicted molar refractivity (Wildman–Crippen MR) is 81.1 cm³/mol. The van der Waals surface area contributed by atoms with Gasteiger partial charge < -0.3 is 4.42 Å². The van der Waals surface area contributed by atoms with Gasteiger partial charge in [0.2, 0.25) is 0 Å². The van der Waals surface area contributed by atoms with Crippen molar-refractivity contribution < 1.29 is 9.21 Å². The van der Waals surface area contributed by atoms with E-state index < -0.39 is 5.76 Å². The van der Waals surface area contributed by atoms with Gasteiger partial charge in [0.05, 0.1) is 5.52 Å². The predicted octanol–water partition coefficient (Wildman–Crippen LogP) is 3.32. The lowest BCUT2D eigenvalue weighted by molar-refractivity contribution is 0.103. The Labute approximate surface area is 125 Å². The van der Waals surface area contributed by atoms with Crippen molar-refractivity contribution in [2.24, 2.45) is 7.05 Å². The molecule has 0 fully saturated rings. The number of hydrogen-bond donors (Lipinski definition) is 0. The summed E-state index contributed by atoms with van der Waals surface area (Å²) in [6.45, 7) is 1.88. The Morgan fingerprint density at radius 2 is 1.90 bits per heavy atom. The van der Waals surface area contributed by atoms with Gasteiger partial charge in [0, 0.05) is 23.2 Å². The van der Waals surface area contributed by atoms with E-state index in [9.17, 15) is 9.59 Å². The topological polar surface area (TPSA) is 52.2 Å². The van der Waals surface area contributed by atoms with Crippen LogP contribution >= 0.6 is 11.6 Å². The molecule has 4 nitrogen and oxygen atoms in total. The standard InChI is InChI=1S/C16H12ClNO3/c1-9-5-11(7-12(17)6-9)15(19)10-3-4-13-14(8-10)21-16(20)18(13)2/h3-8H,1-2H3. The SMILES string of the molecule is Cc1cc(Cl)cc(C(=O)c2ccc3c(c2)oc(=O)n3C)c1. The Morgan fingerprint density at radius 3 is 2.62 bits per heavy atom. The lowest BCUT2D eigenvalue weighted by atomic mass is 10.0. The van der Waals surface area contributed by atoms with Crippen LogP contribution in [0.25, 0.3) is 11.1 Å². The lowest BCUT2D eigenvalue weighted by Crippen LogP contribution is -2.08. The highest BCUT2D eigenvalue weighted by atomic mass is 35.5. The van der Waals surface area contributed by atoms with Crippen LogP contribution < -0.4 is 5.76 Å². The molecule has 3 rings (SSSR count). The summed E-state index contributed by atoms with van der Waals surface area (Å²) < 4.78 is 6.50. The van der Waals surface area contributed by atoms with Crippen LogP contribution in [0.3, 0.4) is 0 Å². The first-order valence-electron chi connectivity index (χ1n) is 6.37. The van der Waals surface area contributed by atoms with Crippen molar-refractivity contribution >= 4 is 28.5 Å². The van der Waals surface area contributed by atoms with Crippen LogP contribution in [0.4, 0.5) is 0 Å². The molecule has 0 aliphatic carbocycles. The second-order valence-electron chi connectivity index (χ2n) is 4.96. The summed E-state index contributed by atoms with van der Waals surface area (Å²) in [7, 11) is 1.62. The van der Waals surface area contributed by atoms with E-state index >= 15 is 0 Å². The van der Waals surface area contributed by atoms with Crippen molar-refractivity contribution in [3.63, 3.8) is 0 Å². The minimum atomic E-state index is -0.451. The number of halogens is 1. The maximum atomic E-state index is 12.5. The van der Waals surface area contributed by atoms with E-state index in [-0.39, 0.29) is 5.78 Å². The minimum absolute atomic E-state index is 0.158. The quantitative estimate of drug-likeness (QED) is 0.682. The van der Waals surface area contributed by atoms with Crippen molar-refractivity contribution in [3.05, 3.63) is 68.7 Å². The Hall–Kier alpha value is -2.33. The van der Waals surface area contributed by atoms with E-state index in [0.717, 1.165) is 5.56 Å². The summed E-state index contributed by atoms with van der Waals surface area (Å²) in [5.74, 6) is -0.609. The molecule has 0 saturated carbocycles. The molecule has 3 aromatic rings. The van der Waals surface area contributed by atoms with E-state index in [1.54, 1.807) is 43.4 Å². The van der Waals surface area contributed by atoms with Gasteiger partial charge in [-0.15, -0.1) is 0 Å². The molecule has 21 heavy (non-hydrogen) atoms. The number of hydrogen-bond acceptors (Lipinski definition) is 3. The molecule has 0 unspecified atom stereocenters. The number of aromatic nitrogens is 1. The molecule has 2 aromatic carbocycles. The van der Waals surface area contributed by atoms with Gasteiger partial charge in [-0.25, -0.2) is 4.79 Å². The van der Waals surface area contributed by atoms with Gasteiger partial charge in [-0.1, -0.05) is 11.6 Å². The molecule has 1 aromatic heterocycles. The average Bonchev–Trinajstić information content (AvgIpc) is 2.71. The van der Waals surface area contributed by atoms with Crippen molar-refractivity contribution in [1.29, 1.82) is 0 Å². The number of ketones is 1. The molecule has 0 bridgehead atoms. The fraction of sp³-hybridized carbons (Fsp3) is 0.125. The highest BCUT2D eigenvalue weighted by molar-refractivity contribution is 6.31. The Kier molecular flexibility index (Phi) is 3.18. The molecule has 0 spiro atoms. The number of benzene rings is 2. The number of carbonyl (C=O) groups excluding carboxylic acids is 1. The fourth-order valence-electron chi connectivity index (χ4n) is 2.31. The zero-order valence-electron chi connectivity index (χ0n) is 11.5. The molecule has 0 aliphatic heterocycles. The van der Waals surface area contributed by atoms with Crippen molar-refractivity contribution in [3.8, 4) is 0 Å². The van der Waals surface area contributed by atoms with E-state index in [2.05, 4.69) is 0 Å². The largest absolute Gasteiger partial charge is 0.419 e. The van der Waals surface area contributed by atoms with Gasteiger partial charge in [-0.05, 0) is 48.9 Å². The van der Waals surface area contributed by atoms with Crippen molar-refractivity contribution in [2.75, 3.05) is 0 Å². The Balaban J connectivity index is 2.11. The summed E-state index contributed by atoms with van der Waals surface area (Å²) in [5.41, 5.74) is 2.93. The summed E-state index contributed by atoms with van der Waals surface area (Å²) in [6.07, 6.45) is 0. The molecule has 106 valence electrons. The smallest absolute Gasteiger partial charge is 0.408 e. The summed E-state index contributed by atoms with van der Waals surface area (Å²) >= 11 is 5.99. The molecule has 0 amide bonds. The molecule has 0 atom stereocenters. The van der Waals surface area contributed by atoms with E-state index in [0.29, 0.717) is 27.2 Å². The molecule has 0 aliphatic rings. The van der Waals surface area contributed by atoms with Crippen molar-refractivity contribution in [1.82, 2.24) is 4.57 Å². The molecule has 0 radical (unpaired) electrons. The normalized spacial score (nSPS) is 11.0. The summed E-state index contributed by atoms with van der Waals surface area (Å²) in [5, 5.41) is 0.519. The van der Waals surface area contributed by atoms with Gasteiger partial charge in [-0.2, -0.15) is 0 Å². The first-order chi connectivity index (χ1) is 9.95. The maximum Gasteiger partial charge on any atom is 0.419 e. The second-order valence-corrected chi connectivity index (χ2v) is 5.39. The van der Waals surface area contributed by atoms with Crippen molar-refractivity contribution in [2.45, 2.75) is 6.92 Å². The van der Waals surface area contributed by atoms with Gasteiger partial charge in [-0.3, -0.25) is 9.36 Å². The maximum absolute atomic E-state index is 12.5. The molecular weight excluding hydrogens is 290 g/mol. The first-order valence-corrected chi connectivity index (χ1v) is 6.75. The van der Waals surface area contributed by atoms with Gasteiger partial charge in [0.25, 0.3) is 0 Å². The zero-order valence-corrected chi connectivity index (χ0v) is 12.3. The Morgan fingerprint density at radius 1 is 1.14 bits per heavy atom. The molecule has 1 heterocycles. The highest BCUT2D eigenvalue weighted by Crippen LogP contribution is 2.20. The lowest BCUT2D eigenvalue weighted by Gasteiger charge is -2.04. The average molecular weight is 302 g/mol. The summed E-state index contributed by atoms with van der Waals surface area (Å²) in [4.78, 5) is 24.0. The number of fused-ring (bicyclic) bond motifs is 1. The molecule has 0 N–H and O–H groups in total. The number of aryl methyl sites for hydroxylation is 2. The van der Waals surface area contributed by atoms with E-state index in [1.165, 1.54) is 4.57 Å². The monoisotopic (exact) mass is 301 g/mol. The second kappa shape index (κ2) is 4.90. The van der Waals surface area contributed by atoms with Gasteiger partial charge in [0.15, 0.2) is 11.4 Å².